The first kappa shape index (κ1) is 20.1. The van der Waals surface area contributed by atoms with Crippen LogP contribution in [0.1, 0.15) is 17.2 Å². The highest BCUT2D eigenvalue weighted by Crippen LogP contribution is 2.26. The van der Waals surface area contributed by atoms with Crippen LogP contribution in [0, 0.1) is 11.6 Å². The summed E-state index contributed by atoms with van der Waals surface area (Å²) in [6, 6.07) is 15.6. The monoisotopic (exact) mass is 403 g/mol. The molecule has 0 fully saturated rings. The lowest BCUT2D eigenvalue weighted by Gasteiger charge is -2.11. The quantitative estimate of drug-likeness (QED) is 0.659. The summed E-state index contributed by atoms with van der Waals surface area (Å²) in [7, 11) is -3.64. The molecule has 7 heteroatoms. The Bertz CT molecular complexity index is 1080. The van der Waals surface area contributed by atoms with Crippen molar-refractivity contribution in [3.63, 3.8) is 0 Å². The van der Waals surface area contributed by atoms with E-state index in [0.717, 1.165) is 12.1 Å². The largest absolute Gasteiger partial charge is 0.387 e. The summed E-state index contributed by atoms with van der Waals surface area (Å²) >= 11 is 0. The van der Waals surface area contributed by atoms with Gasteiger partial charge < -0.3 is 10.8 Å². The molecule has 0 aliphatic heterocycles. The molecule has 4 nitrogen and oxygen atoms in total. The van der Waals surface area contributed by atoms with Crippen molar-refractivity contribution in [1.82, 2.24) is 0 Å². The molecule has 0 aromatic heterocycles. The third-order valence-electron chi connectivity index (χ3n) is 4.37. The van der Waals surface area contributed by atoms with E-state index in [2.05, 4.69) is 0 Å². The summed E-state index contributed by atoms with van der Waals surface area (Å²) in [4.78, 5) is 0.0866. The zero-order valence-electron chi connectivity index (χ0n) is 14.8. The molecule has 0 saturated heterocycles. The van der Waals surface area contributed by atoms with Crippen LogP contribution in [0.3, 0.4) is 0 Å². The minimum absolute atomic E-state index is 0.0393. The average Bonchev–Trinajstić information content (AvgIpc) is 2.67. The predicted octanol–water partition coefficient (Wildman–Crippen LogP) is 3.60. The van der Waals surface area contributed by atoms with Gasteiger partial charge in [0, 0.05) is 18.2 Å². The van der Waals surface area contributed by atoms with E-state index in [0.29, 0.717) is 16.7 Å². The molecule has 1 atom stereocenters. The van der Waals surface area contributed by atoms with Crippen LogP contribution in [-0.4, -0.2) is 20.1 Å². The van der Waals surface area contributed by atoms with Gasteiger partial charge in [-0.2, -0.15) is 0 Å². The number of halogens is 2. The molecule has 3 aromatic rings. The van der Waals surface area contributed by atoms with Crippen LogP contribution >= 0.6 is 0 Å². The molecule has 3 rings (SSSR count). The van der Waals surface area contributed by atoms with Gasteiger partial charge in [0.25, 0.3) is 0 Å². The normalized spacial score (nSPS) is 12.7. The smallest absolute Gasteiger partial charge is 0.182 e. The second kappa shape index (κ2) is 8.18. The van der Waals surface area contributed by atoms with Crippen molar-refractivity contribution in [2.75, 3.05) is 6.54 Å². The van der Waals surface area contributed by atoms with Crippen molar-refractivity contribution < 1.29 is 22.3 Å². The summed E-state index contributed by atoms with van der Waals surface area (Å²) in [5.74, 6) is -1.64. The van der Waals surface area contributed by atoms with Crippen LogP contribution < -0.4 is 5.73 Å². The van der Waals surface area contributed by atoms with E-state index in [1.165, 1.54) is 30.3 Å². The van der Waals surface area contributed by atoms with Gasteiger partial charge in [-0.3, -0.25) is 0 Å². The molecule has 1 unspecified atom stereocenters. The van der Waals surface area contributed by atoms with Gasteiger partial charge in [-0.15, -0.1) is 0 Å². The molecule has 146 valence electrons. The molecule has 3 aromatic carbocycles. The fraction of sp³-hybridized carbons (Fsp3) is 0.143. The third kappa shape index (κ3) is 4.44. The Morgan fingerprint density at radius 3 is 2.32 bits per heavy atom. The summed E-state index contributed by atoms with van der Waals surface area (Å²) in [5.41, 5.74) is 7.15. The second-order valence-electron chi connectivity index (χ2n) is 6.40. The number of benzene rings is 3. The van der Waals surface area contributed by atoms with E-state index in [1.807, 2.05) is 0 Å². The number of hydrogen-bond donors (Lipinski definition) is 2. The van der Waals surface area contributed by atoms with E-state index in [9.17, 15) is 22.3 Å². The molecule has 0 amide bonds. The number of hydrogen-bond acceptors (Lipinski definition) is 4. The summed E-state index contributed by atoms with van der Waals surface area (Å²) in [6.45, 7) is 0.0393. The maximum atomic E-state index is 13.9. The minimum Gasteiger partial charge on any atom is -0.387 e. The lowest BCUT2D eigenvalue weighted by Crippen LogP contribution is -2.12. The Labute approximate surface area is 162 Å². The lowest BCUT2D eigenvalue weighted by atomic mass is 10.1. The maximum absolute atomic E-state index is 13.9. The van der Waals surface area contributed by atoms with Gasteiger partial charge in [-0.05, 0) is 41.0 Å². The fourth-order valence-electron chi connectivity index (χ4n) is 2.89. The molecule has 0 saturated carbocycles. The Morgan fingerprint density at radius 1 is 0.964 bits per heavy atom. The number of aliphatic hydroxyl groups excluding tert-OH is 1. The van der Waals surface area contributed by atoms with Gasteiger partial charge >= 0.3 is 0 Å². The van der Waals surface area contributed by atoms with Crippen molar-refractivity contribution in [2.45, 2.75) is 16.8 Å². The van der Waals surface area contributed by atoms with Gasteiger partial charge in [0.2, 0.25) is 0 Å². The molecule has 0 radical (unpaired) electrons. The van der Waals surface area contributed by atoms with E-state index in [-0.39, 0.29) is 22.8 Å². The van der Waals surface area contributed by atoms with E-state index < -0.39 is 27.6 Å². The first-order chi connectivity index (χ1) is 13.3. The van der Waals surface area contributed by atoms with Crippen molar-refractivity contribution >= 4 is 9.84 Å². The first-order valence-electron chi connectivity index (χ1n) is 8.55. The van der Waals surface area contributed by atoms with Gasteiger partial charge in [0.15, 0.2) is 9.84 Å². The first-order valence-corrected chi connectivity index (χ1v) is 10.2. The van der Waals surface area contributed by atoms with E-state index >= 15 is 0 Å². The highest BCUT2D eigenvalue weighted by atomic mass is 32.2. The number of sulfone groups is 1. The summed E-state index contributed by atoms with van der Waals surface area (Å²) in [6.07, 6.45) is -0.854. The van der Waals surface area contributed by atoms with Crippen molar-refractivity contribution in [3.8, 4) is 11.1 Å². The van der Waals surface area contributed by atoms with Crippen molar-refractivity contribution in [2.24, 2.45) is 5.73 Å². The van der Waals surface area contributed by atoms with Crippen molar-refractivity contribution in [1.29, 1.82) is 0 Å². The van der Waals surface area contributed by atoms with Gasteiger partial charge in [-0.1, -0.05) is 36.4 Å². The number of aliphatic hydroxyl groups is 1. The summed E-state index contributed by atoms with van der Waals surface area (Å²) < 4.78 is 52.4. The SMILES string of the molecule is NCC(O)c1cccc(CS(=O)(=O)c2ccc(-c3ccc(F)cc3F)cc2)c1. The Balaban J connectivity index is 1.85. The fourth-order valence-corrected chi connectivity index (χ4v) is 4.23. The second-order valence-corrected chi connectivity index (χ2v) is 8.39. The molecular weight excluding hydrogens is 384 g/mol. The van der Waals surface area contributed by atoms with E-state index in [4.69, 9.17) is 5.73 Å². The molecular formula is C21H19F2NO3S. The highest BCUT2D eigenvalue weighted by molar-refractivity contribution is 7.90. The molecule has 0 aliphatic rings. The minimum atomic E-state index is -3.64. The van der Waals surface area contributed by atoms with Crippen LogP contribution in [0.5, 0.6) is 0 Å². The summed E-state index contributed by atoms with van der Waals surface area (Å²) in [5, 5.41) is 9.82. The molecule has 0 aliphatic carbocycles. The Kier molecular flexibility index (Phi) is 5.88. The molecule has 28 heavy (non-hydrogen) atoms. The van der Waals surface area contributed by atoms with Crippen LogP contribution in [0.15, 0.2) is 71.6 Å². The van der Waals surface area contributed by atoms with Crippen LogP contribution in [0.4, 0.5) is 8.78 Å². The topological polar surface area (TPSA) is 80.4 Å². The third-order valence-corrected chi connectivity index (χ3v) is 6.08. The van der Waals surface area contributed by atoms with Crippen LogP contribution in [-0.2, 0) is 15.6 Å². The number of nitrogens with two attached hydrogens (primary N) is 1. The van der Waals surface area contributed by atoms with Crippen LogP contribution in [0.25, 0.3) is 11.1 Å². The van der Waals surface area contributed by atoms with E-state index in [1.54, 1.807) is 24.3 Å². The van der Waals surface area contributed by atoms with Crippen molar-refractivity contribution in [3.05, 3.63) is 89.5 Å². The zero-order chi connectivity index (χ0) is 20.3. The van der Waals surface area contributed by atoms with Gasteiger partial charge in [0.1, 0.15) is 11.6 Å². The Morgan fingerprint density at radius 2 is 1.68 bits per heavy atom. The molecule has 0 spiro atoms. The van der Waals surface area contributed by atoms with Crippen LogP contribution in [0.2, 0.25) is 0 Å². The lowest BCUT2D eigenvalue weighted by molar-refractivity contribution is 0.186. The van der Waals surface area contributed by atoms with Gasteiger partial charge in [0.05, 0.1) is 16.8 Å². The molecule has 3 N–H and O–H groups in total. The molecule has 0 heterocycles. The van der Waals surface area contributed by atoms with Gasteiger partial charge in [-0.25, -0.2) is 17.2 Å². The highest BCUT2D eigenvalue weighted by Gasteiger charge is 2.17. The maximum Gasteiger partial charge on any atom is 0.182 e. The predicted molar refractivity (Wildman–Crippen MR) is 103 cm³/mol. The zero-order valence-corrected chi connectivity index (χ0v) is 15.7. The Hall–Kier alpha value is -2.61. The molecule has 0 bridgehead atoms. The average molecular weight is 403 g/mol. The standard InChI is InChI=1S/C21H19F2NO3S/c22-17-6-9-19(20(23)11-17)15-4-7-18(8-5-15)28(26,27)13-14-2-1-3-16(10-14)21(25)12-24/h1-11,21,25H,12-13,24H2. The number of rotatable bonds is 6.